The van der Waals surface area contributed by atoms with Crippen molar-refractivity contribution in [3.05, 3.63) is 88.1 Å². The third-order valence-electron chi connectivity index (χ3n) is 4.18. The number of hydrogen-bond donors (Lipinski definition) is 3. The second-order valence-corrected chi connectivity index (χ2v) is 7.81. The highest BCUT2D eigenvalue weighted by Gasteiger charge is 2.16. The maximum Gasteiger partial charge on any atom is 0.326 e. The average Bonchev–Trinajstić information content (AvgIpc) is 2.74. The number of rotatable bonds is 6. The number of anilines is 3. The Morgan fingerprint density at radius 3 is 2.32 bits per heavy atom. The summed E-state index contributed by atoms with van der Waals surface area (Å²) in [7, 11) is 0. The van der Waals surface area contributed by atoms with Crippen LogP contribution in [0.4, 0.5) is 31.0 Å². The van der Waals surface area contributed by atoms with Gasteiger partial charge >= 0.3 is 12.1 Å². The van der Waals surface area contributed by atoms with Crippen LogP contribution in [0.25, 0.3) is 0 Å². The molecule has 0 aliphatic carbocycles. The Kier molecular flexibility index (Phi) is 7.86. The van der Waals surface area contributed by atoms with E-state index in [0.717, 1.165) is 4.47 Å². The Bertz CT molecular complexity index is 1050. The van der Waals surface area contributed by atoms with Crippen LogP contribution in [0.5, 0.6) is 0 Å². The van der Waals surface area contributed by atoms with E-state index in [1.54, 1.807) is 42.5 Å². The molecule has 0 radical (unpaired) electrons. The highest BCUT2D eigenvalue weighted by Crippen LogP contribution is 2.18. The van der Waals surface area contributed by atoms with E-state index in [9.17, 15) is 14.0 Å². The molecule has 0 heterocycles. The summed E-state index contributed by atoms with van der Waals surface area (Å²) in [6, 6.07) is 18.5. The first-order chi connectivity index (χ1) is 14.9. The number of carbonyl (C=O) groups is 2. The van der Waals surface area contributed by atoms with Crippen LogP contribution in [-0.2, 0) is 0 Å². The van der Waals surface area contributed by atoms with E-state index in [0.29, 0.717) is 22.1 Å². The molecule has 9 heteroatoms. The Morgan fingerprint density at radius 2 is 1.65 bits per heavy atom. The molecule has 0 atom stereocenters. The van der Waals surface area contributed by atoms with Crippen molar-refractivity contribution in [2.75, 3.05) is 28.6 Å². The van der Waals surface area contributed by atoms with E-state index < -0.39 is 17.9 Å². The van der Waals surface area contributed by atoms with Crippen LogP contribution in [0.2, 0.25) is 5.02 Å². The first kappa shape index (κ1) is 22.6. The Labute approximate surface area is 192 Å². The summed E-state index contributed by atoms with van der Waals surface area (Å²) >= 11 is 9.22. The Balaban J connectivity index is 1.63. The molecule has 6 nitrogen and oxygen atoms in total. The zero-order valence-electron chi connectivity index (χ0n) is 16.2. The normalized spacial score (nSPS) is 10.3. The van der Waals surface area contributed by atoms with Gasteiger partial charge in [0.1, 0.15) is 5.82 Å². The quantitative estimate of drug-likeness (QED) is 0.379. The van der Waals surface area contributed by atoms with Gasteiger partial charge in [-0.05, 0) is 66.7 Å². The average molecular weight is 506 g/mol. The van der Waals surface area contributed by atoms with Crippen molar-refractivity contribution in [1.29, 1.82) is 0 Å². The Morgan fingerprint density at radius 1 is 0.935 bits per heavy atom. The van der Waals surface area contributed by atoms with E-state index in [-0.39, 0.29) is 13.1 Å². The summed E-state index contributed by atoms with van der Waals surface area (Å²) in [4.78, 5) is 26.4. The van der Waals surface area contributed by atoms with Crippen LogP contribution in [-0.4, -0.2) is 25.2 Å². The number of halogens is 3. The molecule has 3 aromatic rings. The van der Waals surface area contributed by atoms with E-state index in [1.807, 2.05) is 6.07 Å². The van der Waals surface area contributed by atoms with Crippen molar-refractivity contribution in [1.82, 2.24) is 5.32 Å². The summed E-state index contributed by atoms with van der Waals surface area (Å²) < 4.78 is 14.2. The third-order valence-corrected chi connectivity index (χ3v) is 4.93. The molecule has 3 rings (SSSR count). The van der Waals surface area contributed by atoms with Crippen molar-refractivity contribution in [3.63, 3.8) is 0 Å². The summed E-state index contributed by atoms with van der Waals surface area (Å²) in [5.74, 6) is -0.409. The summed E-state index contributed by atoms with van der Waals surface area (Å²) in [5.41, 5.74) is 1.67. The lowest BCUT2D eigenvalue weighted by Gasteiger charge is -2.23. The molecule has 0 saturated carbocycles. The first-order valence-corrected chi connectivity index (χ1v) is 10.5. The summed E-state index contributed by atoms with van der Waals surface area (Å²) in [5, 5.41) is 8.74. The number of nitrogens with zero attached hydrogens (tertiary/aromatic N) is 1. The van der Waals surface area contributed by atoms with Crippen LogP contribution in [0.3, 0.4) is 0 Å². The van der Waals surface area contributed by atoms with E-state index in [4.69, 9.17) is 11.6 Å². The largest absolute Gasteiger partial charge is 0.336 e. The first-order valence-electron chi connectivity index (χ1n) is 9.31. The van der Waals surface area contributed by atoms with Crippen LogP contribution in [0.1, 0.15) is 0 Å². The minimum absolute atomic E-state index is 0.164. The highest BCUT2D eigenvalue weighted by atomic mass is 79.9. The van der Waals surface area contributed by atoms with Gasteiger partial charge in [0, 0.05) is 39.6 Å². The SMILES string of the molecule is O=C(NCCN(C(=O)Nc1ccc(Cl)cc1)c1ccc(F)cc1)Nc1cccc(Br)c1. The standard InChI is InChI=1S/C22H19BrClFN4O2/c23-15-2-1-3-19(14-15)27-21(30)26-12-13-29(20-10-6-17(25)7-11-20)22(31)28-18-8-4-16(24)5-9-18/h1-11,14H,12-13H2,(H,28,31)(H2,26,27,30). The molecule has 160 valence electrons. The van der Waals surface area contributed by atoms with Gasteiger partial charge in [0.05, 0.1) is 0 Å². The van der Waals surface area contributed by atoms with Crippen molar-refractivity contribution < 1.29 is 14.0 Å². The lowest BCUT2D eigenvalue weighted by Crippen LogP contribution is -2.42. The predicted molar refractivity (Wildman–Crippen MR) is 125 cm³/mol. The van der Waals surface area contributed by atoms with Crippen molar-refractivity contribution in [2.24, 2.45) is 0 Å². The van der Waals surface area contributed by atoms with Crippen LogP contribution in [0, 0.1) is 5.82 Å². The van der Waals surface area contributed by atoms with Crippen molar-refractivity contribution in [3.8, 4) is 0 Å². The van der Waals surface area contributed by atoms with Gasteiger partial charge in [0.15, 0.2) is 0 Å². The Hall–Kier alpha value is -3.10. The second kappa shape index (κ2) is 10.8. The fraction of sp³-hybridized carbons (Fsp3) is 0.0909. The molecule has 4 amide bonds. The molecular weight excluding hydrogens is 487 g/mol. The second-order valence-electron chi connectivity index (χ2n) is 6.46. The maximum atomic E-state index is 13.3. The predicted octanol–water partition coefficient (Wildman–Crippen LogP) is 6.10. The molecule has 0 saturated heterocycles. The van der Waals surface area contributed by atoms with Crippen molar-refractivity contribution in [2.45, 2.75) is 0 Å². The zero-order valence-corrected chi connectivity index (χ0v) is 18.6. The lowest BCUT2D eigenvalue weighted by molar-refractivity contribution is 0.250. The van der Waals surface area contributed by atoms with E-state index in [2.05, 4.69) is 31.9 Å². The molecule has 0 fully saturated rings. The monoisotopic (exact) mass is 504 g/mol. The smallest absolute Gasteiger partial charge is 0.326 e. The number of amides is 4. The van der Waals surface area contributed by atoms with Crippen LogP contribution >= 0.6 is 27.5 Å². The van der Waals surface area contributed by atoms with Gasteiger partial charge in [-0.2, -0.15) is 0 Å². The molecule has 0 aliphatic rings. The van der Waals surface area contributed by atoms with Crippen LogP contribution < -0.4 is 20.9 Å². The number of nitrogens with one attached hydrogen (secondary N) is 3. The molecular formula is C22H19BrClFN4O2. The van der Waals surface area contributed by atoms with Gasteiger partial charge in [0.2, 0.25) is 0 Å². The minimum atomic E-state index is -0.428. The van der Waals surface area contributed by atoms with Gasteiger partial charge in [-0.15, -0.1) is 0 Å². The highest BCUT2D eigenvalue weighted by molar-refractivity contribution is 9.10. The molecule has 3 N–H and O–H groups in total. The molecule has 3 aromatic carbocycles. The topological polar surface area (TPSA) is 73.5 Å². The number of urea groups is 2. The maximum absolute atomic E-state index is 13.3. The number of carbonyl (C=O) groups excluding carboxylic acids is 2. The van der Waals surface area contributed by atoms with Gasteiger partial charge < -0.3 is 16.0 Å². The van der Waals surface area contributed by atoms with Gasteiger partial charge in [0.25, 0.3) is 0 Å². The number of hydrogen-bond acceptors (Lipinski definition) is 2. The lowest BCUT2D eigenvalue weighted by atomic mass is 10.2. The van der Waals surface area contributed by atoms with E-state index >= 15 is 0 Å². The molecule has 0 spiro atoms. The molecule has 0 unspecified atom stereocenters. The molecule has 0 aliphatic heterocycles. The number of benzene rings is 3. The van der Waals surface area contributed by atoms with E-state index in [1.165, 1.54) is 29.2 Å². The molecule has 0 aromatic heterocycles. The van der Waals surface area contributed by atoms with Gasteiger partial charge in [-0.3, -0.25) is 4.90 Å². The molecule has 0 bridgehead atoms. The fourth-order valence-corrected chi connectivity index (χ4v) is 3.24. The third kappa shape index (κ3) is 6.97. The van der Waals surface area contributed by atoms with Gasteiger partial charge in [-0.25, -0.2) is 14.0 Å². The summed E-state index contributed by atoms with van der Waals surface area (Å²) in [6.07, 6.45) is 0. The molecule has 31 heavy (non-hydrogen) atoms. The fourth-order valence-electron chi connectivity index (χ4n) is 2.72. The van der Waals surface area contributed by atoms with Gasteiger partial charge in [-0.1, -0.05) is 33.6 Å². The minimum Gasteiger partial charge on any atom is -0.336 e. The summed E-state index contributed by atoms with van der Waals surface area (Å²) in [6.45, 7) is 0.336. The van der Waals surface area contributed by atoms with Crippen LogP contribution in [0.15, 0.2) is 77.3 Å². The zero-order chi connectivity index (χ0) is 22.2. The van der Waals surface area contributed by atoms with Crippen molar-refractivity contribution >= 4 is 56.7 Å².